The van der Waals surface area contributed by atoms with Gasteiger partial charge in [0, 0.05) is 17.1 Å². The van der Waals surface area contributed by atoms with Gasteiger partial charge in [-0.2, -0.15) is 0 Å². The Labute approximate surface area is 207 Å². The van der Waals surface area contributed by atoms with Crippen LogP contribution in [0.4, 0.5) is 10.5 Å². The zero-order chi connectivity index (χ0) is 26.0. The second-order valence-corrected chi connectivity index (χ2v) is 8.09. The first kappa shape index (κ1) is 24.5. The van der Waals surface area contributed by atoms with Crippen molar-refractivity contribution in [3.8, 4) is 11.4 Å². The molecule has 4 rings (SSSR count). The van der Waals surface area contributed by atoms with E-state index in [2.05, 4.69) is 5.32 Å². The molecule has 0 bridgehead atoms. The van der Waals surface area contributed by atoms with Crippen molar-refractivity contribution >= 4 is 35.6 Å². The number of nitrogens with one attached hydrogen (secondary N) is 1. The molecule has 1 fully saturated rings. The molecule has 3 aromatic rings. The highest BCUT2D eigenvalue weighted by Gasteiger charge is 2.37. The van der Waals surface area contributed by atoms with Gasteiger partial charge in [0.15, 0.2) is 0 Å². The van der Waals surface area contributed by atoms with Gasteiger partial charge in [-0.25, -0.2) is 14.5 Å². The summed E-state index contributed by atoms with van der Waals surface area (Å²) in [5, 5.41) is 2.23. The molecule has 1 N–H and O–H groups in total. The summed E-state index contributed by atoms with van der Waals surface area (Å²) in [5.41, 5.74) is 3.47. The maximum atomic E-state index is 13.2. The third-order valence-corrected chi connectivity index (χ3v) is 5.82. The van der Waals surface area contributed by atoms with Crippen LogP contribution in [-0.4, -0.2) is 42.1 Å². The fourth-order valence-electron chi connectivity index (χ4n) is 4.10. The molecule has 4 amide bonds. The lowest BCUT2D eigenvalue weighted by atomic mass is 10.1. The fourth-order valence-corrected chi connectivity index (χ4v) is 4.10. The summed E-state index contributed by atoms with van der Waals surface area (Å²) in [6, 6.07) is 14.4. The molecule has 2 aromatic carbocycles. The van der Waals surface area contributed by atoms with Gasteiger partial charge in [0.2, 0.25) is 0 Å². The SMILES string of the molecule is CCOC(=O)c1cccc(-n2c(C)cc(/C=C3\C(=O)NC(=O)N(c4ccc(OC)cc4)C3=O)c2C)c1. The summed E-state index contributed by atoms with van der Waals surface area (Å²) in [7, 11) is 1.51. The molecule has 1 saturated heterocycles. The number of amides is 4. The maximum Gasteiger partial charge on any atom is 0.338 e. The predicted molar refractivity (Wildman–Crippen MR) is 133 cm³/mol. The molecule has 36 heavy (non-hydrogen) atoms. The summed E-state index contributed by atoms with van der Waals surface area (Å²) >= 11 is 0. The van der Waals surface area contributed by atoms with Gasteiger partial charge in [0.25, 0.3) is 11.8 Å². The average molecular weight is 488 g/mol. The number of nitrogens with zero attached hydrogens (tertiary/aromatic N) is 2. The van der Waals surface area contributed by atoms with Crippen LogP contribution in [-0.2, 0) is 14.3 Å². The number of rotatable bonds is 6. The van der Waals surface area contributed by atoms with Crippen LogP contribution in [0.15, 0.2) is 60.2 Å². The Morgan fingerprint density at radius 2 is 1.72 bits per heavy atom. The maximum absolute atomic E-state index is 13.2. The largest absolute Gasteiger partial charge is 0.497 e. The van der Waals surface area contributed by atoms with Crippen LogP contribution in [0.3, 0.4) is 0 Å². The van der Waals surface area contributed by atoms with Crippen LogP contribution in [0, 0.1) is 13.8 Å². The second-order valence-electron chi connectivity index (χ2n) is 8.09. The third-order valence-electron chi connectivity index (χ3n) is 5.82. The minimum absolute atomic E-state index is 0.175. The average Bonchev–Trinajstić information content (AvgIpc) is 3.14. The normalized spacial score (nSPS) is 14.7. The zero-order valence-corrected chi connectivity index (χ0v) is 20.3. The minimum atomic E-state index is -0.825. The van der Waals surface area contributed by atoms with Crippen LogP contribution in [0.1, 0.15) is 34.2 Å². The summed E-state index contributed by atoms with van der Waals surface area (Å²) < 4.78 is 12.1. The Hall–Kier alpha value is -4.66. The fraction of sp³-hybridized carbons (Fsp3) is 0.185. The van der Waals surface area contributed by atoms with Crippen LogP contribution < -0.4 is 15.0 Å². The Kier molecular flexibility index (Phi) is 6.73. The highest BCUT2D eigenvalue weighted by molar-refractivity contribution is 6.39. The first-order chi connectivity index (χ1) is 17.2. The highest BCUT2D eigenvalue weighted by Crippen LogP contribution is 2.27. The monoisotopic (exact) mass is 487 g/mol. The second kappa shape index (κ2) is 9.91. The molecule has 9 heteroatoms. The van der Waals surface area contributed by atoms with Gasteiger partial charge in [0.05, 0.1) is 25.0 Å². The molecule has 1 aliphatic rings. The Morgan fingerprint density at radius 1 is 1.00 bits per heavy atom. The number of hydrogen-bond donors (Lipinski definition) is 1. The van der Waals surface area contributed by atoms with Crippen molar-refractivity contribution in [3.05, 3.63) is 82.7 Å². The minimum Gasteiger partial charge on any atom is -0.497 e. The molecule has 0 aliphatic carbocycles. The summed E-state index contributed by atoms with van der Waals surface area (Å²) in [5.74, 6) is -1.36. The van der Waals surface area contributed by atoms with Gasteiger partial charge in [0.1, 0.15) is 11.3 Å². The van der Waals surface area contributed by atoms with Gasteiger partial charge in [-0.05, 0) is 80.9 Å². The molecular formula is C27H25N3O6. The molecule has 0 radical (unpaired) electrons. The van der Waals surface area contributed by atoms with Crippen molar-refractivity contribution < 1.29 is 28.7 Å². The Balaban J connectivity index is 1.71. The number of benzene rings is 2. The Bertz CT molecular complexity index is 1400. The van der Waals surface area contributed by atoms with E-state index >= 15 is 0 Å². The summed E-state index contributed by atoms with van der Waals surface area (Å²) in [6.07, 6.45) is 1.47. The van der Waals surface area contributed by atoms with E-state index in [4.69, 9.17) is 9.47 Å². The van der Waals surface area contributed by atoms with Crippen molar-refractivity contribution in [2.45, 2.75) is 20.8 Å². The van der Waals surface area contributed by atoms with E-state index in [1.165, 1.54) is 13.2 Å². The van der Waals surface area contributed by atoms with E-state index in [1.54, 1.807) is 49.4 Å². The number of carbonyl (C=O) groups is 4. The van der Waals surface area contributed by atoms with Crippen molar-refractivity contribution in [1.29, 1.82) is 0 Å². The predicted octanol–water partition coefficient (Wildman–Crippen LogP) is 3.95. The number of aromatic nitrogens is 1. The number of barbiturate groups is 1. The zero-order valence-electron chi connectivity index (χ0n) is 20.3. The van der Waals surface area contributed by atoms with E-state index in [0.29, 0.717) is 22.6 Å². The smallest absolute Gasteiger partial charge is 0.338 e. The van der Waals surface area contributed by atoms with Crippen molar-refractivity contribution in [1.82, 2.24) is 9.88 Å². The number of imide groups is 2. The summed E-state index contributed by atoms with van der Waals surface area (Å²) in [6.45, 7) is 5.73. The number of hydrogen-bond acceptors (Lipinski definition) is 6. The van der Waals surface area contributed by atoms with E-state index in [9.17, 15) is 19.2 Å². The first-order valence-electron chi connectivity index (χ1n) is 11.3. The van der Waals surface area contributed by atoms with E-state index in [-0.39, 0.29) is 12.2 Å². The molecule has 2 heterocycles. The molecule has 1 aliphatic heterocycles. The topological polar surface area (TPSA) is 107 Å². The number of aryl methyl sites for hydroxylation is 1. The Morgan fingerprint density at radius 3 is 2.39 bits per heavy atom. The lowest BCUT2D eigenvalue weighted by Gasteiger charge is -2.26. The molecule has 0 saturated carbocycles. The standard InChI is InChI=1S/C27H25N3O6/c1-5-36-26(33)18-7-6-8-21(14-18)29-16(2)13-19(17(29)3)15-23-24(31)28-27(34)30(25(23)32)20-9-11-22(35-4)12-10-20/h6-15H,5H2,1-4H3,(H,28,31,34)/b23-15+. The lowest BCUT2D eigenvalue weighted by molar-refractivity contribution is -0.122. The summed E-state index contributed by atoms with van der Waals surface area (Å²) in [4.78, 5) is 51.5. The van der Waals surface area contributed by atoms with Gasteiger partial charge in [-0.3, -0.25) is 14.9 Å². The quantitative estimate of drug-likeness (QED) is 0.321. The number of anilines is 1. The van der Waals surface area contributed by atoms with Crippen LogP contribution in [0.2, 0.25) is 0 Å². The van der Waals surface area contributed by atoms with Crippen LogP contribution in [0.25, 0.3) is 11.8 Å². The number of ether oxygens (including phenoxy) is 2. The van der Waals surface area contributed by atoms with Gasteiger partial charge in [-0.1, -0.05) is 6.07 Å². The molecule has 0 atom stereocenters. The molecule has 1 aromatic heterocycles. The van der Waals surface area contributed by atoms with E-state index in [0.717, 1.165) is 22.0 Å². The van der Waals surface area contributed by atoms with Crippen molar-refractivity contribution in [3.63, 3.8) is 0 Å². The number of methoxy groups -OCH3 is 1. The molecule has 9 nitrogen and oxygen atoms in total. The van der Waals surface area contributed by atoms with Gasteiger partial charge < -0.3 is 14.0 Å². The molecule has 0 spiro atoms. The van der Waals surface area contributed by atoms with Gasteiger partial charge in [-0.15, -0.1) is 0 Å². The van der Waals surface area contributed by atoms with E-state index in [1.807, 2.05) is 30.5 Å². The van der Waals surface area contributed by atoms with Crippen molar-refractivity contribution in [2.24, 2.45) is 0 Å². The first-order valence-corrected chi connectivity index (χ1v) is 11.3. The van der Waals surface area contributed by atoms with E-state index < -0.39 is 23.8 Å². The lowest BCUT2D eigenvalue weighted by Crippen LogP contribution is -2.54. The van der Waals surface area contributed by atoms with Crippen LogP contribution in [0.5, 0.6) is 5.75 Å². The number of esters is 1. The molecule has 184 valence electrons. The number of carbonyl (C=O) groups excluding carboxylic acids is 4. The van der Waals surface area contributed by atoms with Crippen molar-refractivity contribution in [2.75, 3.05) is 18.6 Å². The van der Waals surface area contributed by atoms with Crippen LogP contribution >= 0.6 is 0 Å². The third kappa shape index (κ3) is 4.50. The number of urea groups is 1. The highest BCUT2D eigenvalue weighted by atomic mass is 16.5. The molecular weight excluding hydrogens is 462 g/mol. The molecule has 0 unspecified atom stereocenters. The van der Waals surface area contributed by atoms with Gasteiger partial charge >= 0.3 is 12.0 Å².